The van der Waals surface area contributed by atoms with Crippen LogP contribution in [0.15, 0.2) is 16.6 Å². The van der Waals surface area contributed by atoms with E-state index in [1.54, 1.807) is 6.92 Å². The van der Waals surface area contributed by atoms with E-state index < -0.39 is 17.8 Å². The molecule has 0 heterocycles. The smallest absolute Gasteiger partial charge is 0.340 e. The lowest BCUT2D eigenvalue weighted by atomic mass is 10.1. The van der Waals surface area contributed by atoms with Crippen molar-refractivity contribution in [3.8, 4) is 0 Å². The van der Waals surface area contributed by atoms with Crippen molar-refractivity contribution in [3.63, 3.8) is 0 Å². The number of rotatable bonds is 6. The van der Waals surface area contributed by atoms with Crippen molar-refractivity contribution in [2.75, 3.05) is 6.54 Å². The molecule has 5 N–H and O–H groups in total. The Bertz CT molecular complexity index is 361. The average molecular weight is 240 g/mol. The lowest BCUT2D eigenvalue weighted by molar-refractivity contribution is -0.120. The highest BCUT2D eigenvalue weighted by atomic mass is 16.2. The number of amides is 4. The zero-order valence-corrected chi connectivity index (χ0v) is 9.60. The molecule has 0 saturated heterocycles. The van der Waals surface area contributed by atoms with Crippen molar-refractivity contribution in [1.29, 1.82) is 0 Å². The Balaban J connectivity index is 4.14. The van der Waals surface area contributed by atoms with Crippen LogP contribution < -0.4 is 16.8 Å². The predicted molar refractivity (Wildman–Crippen MR) is 63.3 cm³/mol. The summed E-state index contributed by atoms with van der Waals surface area (Å²) in [5, 5.41) is 2.48. The third kappa shape index (κ3) is 7.71. The van der Waals surface area contributed by atoms with Gasteiger partial charge in [0.15, 0.2) is 0 Å². The molecule has 7 heteroatoms. The summed E-state index contributed by atoms with van der Waals surface area (Å²) in [6.07, 6.45) is 3.02. The van der Waals surface area contributed by atoms with Crippen molar-refractivity contribution in [2.24, 2.45) is 16.5 Å². The van der Waals surface area contributed by atoms with E-state index in [9.17, 15) is 14.4 Å². The van der Waals surface area contributed by atoms with Crippen LogP contribution >= 0.6 is 0 Å². The fourth-order valence-electron chi connectivity index (χ4n) is 1.04. The summed E-state index contributed by atoms with van der Waals surface area (Å²) < 4.78 is 0. The topological polar surface area (TPSA) is 128 Å². The van der Waals surface area contributed by atoms with E-state index in [0.717, 1.165) is 0 Å². The van der Waals surface area contributed by atoms with Crippen LogP contribution in [0, 0.1) is 0 Å². The zero-order chi connectivity index (χ0) is 13.3. The molecule has 4 amide bonds. The highest BCUT2D eigenvalue weighted by molar-refractivity contribution is 5.97. The van der Waals surface area contributed by atoms with Gasteiger partial charge in [-0.1, -0.05) is 6.08 Å². The number of nitrogens with one attached hydrogen (secondary N) is 1. The molecule has 0 fully saturated rings. The van der Waals surface area contributed by atoms with E-state index in [4.69, 9.17) is 11.5 Å². The number of aliphatic imine (C=N–C) groups is 1. The first-order valence-electron chi connectivity index (χ1n) is 5.01. The van der Waals surface area contributed by atoms with Crippen LogP contribution in [0.1, 0.15) is 19.8 Å². The largest absolute Gasteiger partial charge is 0.369 e. The fourth-order valence-corrected chi connectivity index (χ4v) is 1.04. The van der Waals surface area contributed by atoms with Crippen LogP contribution in [0.25, 0.3) is 0 Å². The van der Waals surface area contributed by atoms with Gasteiger partial charge in [0.05, 0.1) is 6.42 Å². The van der Waals surface area contributed by atoms with Crippen LogP contribution in [0.5, 0.6) is 0 Å². The lowest BCUT2D eigenvalue weighted by Crippen LogP contribution is -2.22. The fraction of sp³-hybridized carbons (Fsp3) is 0.400. The summed E-state index contributed by atoms with van der Waals surface area (Å²) in [6.45, 7) is 1.92. The normalized spacial score (nSPS) is 11.5. The second-order valence-electron chi connectivity index (χ2n) is 3.14. The number of primary amides is 2. The first-order chi connectivity index (χ1) is 7.97. The van der Waals surface area contributed by atoms with Crippen LogP contribution in [-0.4, -0.2) is 30.6 Å². The maximum Gasteiger partial charge on any atom is 0.340 e. The van der Waals surface area contributed by atoms with Gasteiger partial charge in [-0.25, -0.2) is 9.79 Å². The Hall–Kier alpha value is -2.18. The lowest BCUT2D eigenvalue weighted by Gasteiger charge is -2.01. The van der Waals surface area contributed by atoms with Gasteiger partial charge < -0.3 is 16.8 Å². The van der Waals surface area contributed by atoms with Gasteiger partial charge in [0, 0.05) is 18.3 Å². The minimum Gasteiger partial charge on any atom is -0.369 e. The molecule has 0 aliphatic carbocycles. The van der Waals surface area contributed by atoms with Gasteiger partial charge in [-0.3, -0.25) is 9.59 Å². The monoisotopic (exact) mass is 240 g/mol. The van der Waals surface area contributed by atoms with Crippen molar-refractivity contribution in [3.05, 3.63) is 11.6 Å². The molecule has 94 valence electrons. The molecule has 0 saturated carbocycles. The standard InChI is InChI=1S/C10H16N4O3/c1-2-13-10(17)14-5-3-4-7(9(12)16)6-8(11)15/h2,4H,3,5-6H2,1H3,(H2,11,15)(H2,12,16)(H,14,17). The van der Waals surface area contributed by atoms with Gasteiger partial charge in [0.1, 0.15) is 0 Å². The molecule has 0 radical (unpaired) electrons. The van der Waals surface area contributed by atoms with Gasteiger partial charge in [-0.2, -0.15) is 0 Å². The van der Waals surface area contributed by atoms with Crippen LogP contribution in [-0.2, 0) is 9.59 Å². The van der Waals surface area contributed by atoms with Gasteiger partial charge >= 0.3 is 6.03 Å². The van der Waals surface area contributed by atoms with Crippen LogP contribution in [0.3, 0.4) is 0 Å². The predicted octanol–water partition coefficient (Wildman–Crippen LogP) is -0.536. The molecule has 0 aliphatic heterocycles. The Morgan fingerprint density at radius 2 is 1.94 bits per heavy atom. The van der Waals surface area contributed by atoms with E-state index in [1.165, 1.54) is 12.3 Å². The van der Waals surface area contributed by atoms with E-state index in [1.807, 2.05) is 0 Å². The van der Waals surface area contributed by atoms with E-state index in [-0.39, 0.29) is 12.0 Å². The Morgan fingerprint density at radius 1 is 1.29 bits per heavy atom. The van der Waals surface area contributed by atoms with Crippen LogP contribution in [0.4, 0.5) is 4.79 Å². The molecule has 0 spiro atoms. The van der Waals surface area contributed by atoms with E-state index in [2.05, 4.69) is 10.3 Å². The minimum absolute atomic E-state index is 0.144. The van der Waals surface area contributed by atoms with Crippen molar-refractivity contribution in [2.45, 2.75) is 19.8 Å². The van der Waals surface area contributed by atoms with Crippen LogP contribution in [0.2, 0.25) is 0 Å². The van der Waals surface area contributed by atoms with Crippen molar-refractivity contribution in [1.82, 2.24) is 5.32 Å². The third-order valence-electron chi connectivity index (χ3n) is 1.74. The Morgan fingerprint density at radius 3 is 2.41 bits per heavy atom. The molecule has 0 aromatic carbocycles. The summed E-state index contributed by atoms with van der Waals surface area (Å²) in [5.74, 6) is -1.32. The van der Waals surface area contributed by atoms with Gasteiger partial charge in [-0.15, -0.1) is 0 Å². The molecule has 0 aromatic rings. The van der Waals surface area contributed by atoms with Gasteiger partial charge in [0.25, 0.3) is 0 Å². The molecule has 0 atom stereocenters. The van der Waals surface area contributed by atoms with E-state index >= 15 is 0 Å². The quantitative estimate of drug-likeness (QED) is 0.328. The molecular formula is C10H16N4O3. The zero-order valence-electron chi connectivity index (χ0n) is 9.60. The minimum atomic E-state index is -0.693. The van der Waals surface area contributed by atoms with E-state index in [0.29, 0.717) is 13.0 Å². The molecular weight excluding hydrogens is 224 g/mol. The molecule has 7 nitrogen and oxygen atoms in total. The maximum atomic E-state index is 10.9. The molecule has 0 aliphatic rings. The summed E-state index contributed by atoms with van der Waals surface area (Å²) >= 11 is 0. The number of hydrogen-bond donors (Lipinski definition) is 3. The highest BCUT2D eigenvalue weighted by Gasteiger charge is 2.07. The number of nitrogens with zero attached hydrogens (tertiary/aromatic N) is 1. The number of hydrogen-bond acceptors (Lipinski definition) is 3. The first kappa shape index (κ1) is 14.8. The maximum absolute atomic E-state index is 10.9. The van der Waals surface area contributed by atoms with Gasteiger partial charge in [0.2, 0.25) is 11.8 Å². The molecule has 0 unspecified atom stereocenters. The second kappa shape index (κ2) is 8.03. The summed E-state index contributed by atoms with van der Waals surface area (Å²) in [6, 6.07) is -0.462. The summed E-state index contributed by atoms with van der Waals surface area (Å²) in [4.78, 5) is 35.9. The molecule has 17 heavy (non-hydrogen) atoms. The third-order valence-corrected chi connectivity index (χ3v) is 1.74. The first-order valence-corrected chi connectivity index (χ1v) is 5.01. The highest BCUT2D eigenvalue weighted by Crippen LogP contribution is 2.01. The molecule has 0 aromatic heterocycles. The second-order valence-corrected chi connectivity index (χ2v) is 3.14. The number of nitrogens with two attached hydrogens (primary N) is 2. The Labute approximate surface area is 98.9 Å². The Kier molecular flexibility index (Phi) is 7.00. The molecule has 0 bridgehead atoms. The average Bonchev–Trinajstić information content (AvgIpc) is 2.22. The summed E-state index contributed by atoms with van der Waals surface area (Å²) in [5.41, 5.74) is 10.1. The van der Waals surface area contributed by atoms with Crippen molar-refractivity contribution < 1.29 is 14.4 Å². The summed E-state index contributed by atoms with van der Waals surface area (Å²) in [7, 11) is 0. The van der Waals surface area contributed by atoms with Crippen molar-refractivity contribution >= 4 is 24.1 Å². The SMILES string of the molecule is CC=NC(=O)NCCC=C(CC(N)=O)C(N)=O. The number of carbonyl (C=O) groups excluding carboxylic acids is 3. The van der Waals surface area contributed by atoms with Gasteiger partial charge in [-0.05, 0) is 13.3 Å². The number of carbonyl (C=O) groups is 3. The molecule has 0 rings (SSSR count). The number of urea groups is 1.